The molecule has 0 spiro atoms. The average Bonchev–Trinajstić information content (AvgIpc) is 3.13. The lowest BCUT2D eigenvalue weighted by molar-refractivity contribution is 0.237. The monoisotopic (exact) mass is 353 g/mol. The summed E-state index contributed by atoms with van der Waals surface area (Å²) < 4.78 is 10.9. The topological polar surface area (TPSA) is 76.3 Å². The average molecular weight is 353 g/mol. The molecule has 2 aromatic heterocycles. The highest BCUT2D eigenvalue weighted by Crippen LogP contribution is 2.36. The number of fused-ring (bicyclic) bond motifs is 1. The number of methoxy groups -OCH3 is 1. The number of benzene rings is 1. The Morgan fingerprint density at radius 1 is 1.15 bits per heavy atom. The lowest BCUT2D eigenvalue weighted by Crippen LogP contribution is -2.33. The van der Waals surface area contributed by atoms with Gasteiger partial charge in [-0.3, -0.25) is 0 Å². The molecule has 3 aromatic rings. The molecule has 0 bridgehead atoms. The SMILES string of the molecule is COc1ccccc1-c1noc2ncnc(NCCN3CCCCC3)c12. The van der Waals surface area contributed by atoms with Gasteiger partial charge < -0.3 is 19.5 Å². The van der Waals surface area contributed by atoms with Crippen LogP contribution in [0.15, 0.2) is 35.1 Å². The molecular weight excluding hydrogens is 330 g/mol. The molecule has 0 aliphatic carbocycles. The van der Waals surface area contributed by atoms with Crippen LogP contribution in [-0.4, -0.2) is 53.3 Å². The van der Waals surface area contributed by atoms with E-state index in [-0.39, 0.29) is 0 Å². The molecule has 0 atom stereocenters. The predicted molar refractivity (Wildman–Crippen MR) is 100 cm³/mol. The molecule has 1 aliphatic heterocycles. The molecular formula is C19H23N5O2. The first-order valence-electron chi connectivity index (χ1n) is 9.07. The minimum Gasteiger partial charge on any atom is -0.496 e. The molecule has 1 fully saturated rings. The second-order valence-corrected chi connectivity index (χ2v) is 6.46. The van der Waals surface area contributed by atoms with E-state index in [0.717, 1.165) is 35.6 Å². The maximum atomic E-state index is 5.47. The Morgan fingerprint density at radius 3 is 2.85 bits per heavy atom. The summed E-state index contributed by atoms with van der Waals surface area (Å²) in [6, 6.07) is 7.74. The van der Waals surface area contributed by atoms with Gasteiger partial charge in [-0.05, 0) is 38.1 Å². The molecule has 136 valence electrons. The Kier molecular flexibility index (Phi) is 4.97. The number of aromatic nitrogens is 3. The molecule has 7 heteroatoms. The summed E-state index contributed by atoms with van der Waals surface area (Å²) in [5.41, 5.74) is 2.03. The van der Waals surface area contributed by atoms with Gasteiger partial charge >= 0.3 is 0 Å². The Balaban J connectivity index is 1.60. The Labute approximate surface area is 152 Å². The van der Waals surface area contributed by atoms with E-state index >= 15 is 0 Å². The first kappa shape index (κ1) is 16.8. The summed E-state index contributed by atoms with van der Waals surface area (Å²) in [5.74, 6) is 1.49. The number of nitrogens with one attached hydrogen (secondary N) is 1. The molecule has 26 heavy (non-hydrogen) atoms. The van der Waals surface area contributed by atoms with Gasteiger partial charge in [-0.15, -0.1) is 0 Å². The fourth-order valence-electron chi connectivity index (χ4n) is 3.46. The van der Waals surface area contributed by atoms with Crippen LogP contribution in [0.1, 0.15) is 19.3 Å². The first-order chi connectivity index (χ1) is 12.9. The summed E-state index contributed by atoms with van der Waals surface area (Å²) in [6.45, 7) is 4.19. The third-order valence-electron chi connectivity index (χ3n) is 4.80. The first-order valence-corrected chi connectivity index (χ1v) is 9.07. The minimum absolute atomic E-state index is 0.473. The highest BCUT2D eigenvalue weighted by atomic mass is 16.5. The van der Waals surface area contributed by atoms with E-state index < -0.39 is 0 Å². The number of rotatable bonds is 6. The van der Waals surface area contributed by atoms with E-state index in [9.17, 15) is 0 Å². The van der Waals surface area contributed by atoms with Gasteiger partial charge in [-0.2, -0.15) is 4.98 Å². The maximum absolute atomic E-state index is 5.47. The molecule has 3 heterocycles. The number of ether oxygens (including phenoxy) is 1. The maximum Gasteiger partial charge on any atom is 0.263 e. The van der Waals surface area contributed by atoms with Crippen molar-refractivity contribution in [3.63, 3.8) is 0 Å². The van der Waals surface area contributed by atoms with Crippen molar-refractivity contribution < 1.29 is 9.26 Å². The Hall–Kier alpha value is -2.67. The van der Waals surface area contributed by atoms with E-state index in [1.807, 2.05) is 24.3 Å². The molecule has 0 amide bonds. The largest absolute Gasteiger partial charge is 0.496 e. The molecule has 0 radical (unpaired) electrons. The van der Waals surface area contributed by atoms with Gasteiger partial charge in [0, 0.05) is 18.7 Å². The minimum atomic E-state index is 0.473. The normalized spacial score (nSPS) is 15.3. The number of nitrogens with zero attached hydrogens (tertiary/aromatic N) is 4. The van der Waals surface area contributed by atoms with Crippen molar-refractivity contribution >= 4 is 16.9 Å². The highest BCUT2D eigenvalue weighted by molar-refractivity contribution is 5.98. The van der Waals surface area contributed by atoms with Crippen molar-refractivity contribution in [1.82, 2.24) is 20.0 Å². The third-order valence-corrected chi connectivity index (χ3v) is 4.80. The molecule has 1 aromatic carbocycles. The van der Waals surface area contributed by atoms with Crippen LogP contribution in [-0.2, 0) is 0 Å². The van der Waals surface area contributed by atoms with Crippen LogP contribution in [0, 0.1) is 0 Å². The van der Waals surface area contributed by atoms with Gasteiger partial charge in [0.2, 0.25) is 0 Å². The van der Waals surface area contributed by atoms with Crippen molar-refractivity contribution in [2.24, 2.45) is 0 Å². The number of hydrogen-bond donors (Lipinski definition) is 1. The summed E-state index contributed by atoms with van der Waals surface area (Å²) in [7, 11) is 1.65. The number of anilines is 1. The fourth-order valence-corrected chi connectivity index (χ4v) is 3.46. The van der Waals surface area contributed by atoms with Crippen LogP contribution in [0.2, 0.25) is 0 Å². The summed E-state index contributed by atoms with van der Waals surface area (Å²) in [5, 5.41) is 8.45. The molecule has 7 nitrogen and oxygen atoms in total. The van der Waals surface area contributed by atoms with E-state index in [1.165, 1.54) is 38.7 Å². The van der Waals surface area contributed by atoms with Crippen molar-refractivity contribution in [3.05, 3.63) is 30.6 Å². The van der Waals surface area contributed by atoms with Crippen molar-refractivity contribution in [2.45, 2.75) is 19.3 Å². The van der Waals surface area contributed by atoms with Crippen LogP contribution in [0.25, 0.3) is 22.4 Å². The lowest BCUT2D eigenvalue weighted by atomic mass is 10.1. The summed E-state index contributed by atoms with van der Waals surface area (Å²) in [6.07, 6.45) is 5.44. The number of likely N-dealkylation sites (tertiary alicyclic amines) is 1. The van der Waals surface area contributed by atoms with Crippen LogP contribution in [0.3, 0.4) is 0 Å². The van der Waals surface area contributed by atoms with E-state index in [2.05, 4.69) is 25.3 Å². The molecule has 0 saturated carbocycles. The van der Waals surface area contributed by atoms with Crippen molar-refractivity contribution in [1.29, 1.82) is 0 Å². The zero-order valence-electron chi connectivity index (χ0n) is 14.9. The van der Waals surface area contributed by atoms with Gasteiger partial charge in [-0.1, -0.05) is 23.7 Å². The summed E-state index contributed by atoms with van der Waals surface area (Å²) >= 11 is 0. The molecule has 1 saturated heterocycles. The van der Waals surface area contributed by atoms with Gasteiger partial charge in [0.15, 0.2) is 0 Å². The molecule has 4 rings (SSSR count). The van der Waals surface area contributed by atoms with Crippen LogP contribution in [0.5, 0.6) is 5.75 Å². The summed E-state index contributed by atoms with van der Waals surface area (Å²) in [4.78, 5) is 11.1. The van der Waals surface area contributed by atoms with Crippen LogP contribution >= 0.6 is 0 Å². The number of piperidine rings is 1. The zero-order valence-corrected chi connectivity index (χ0v) is 14.9. The highest BCUT2D eigenvalue weighted by Gasteiger charge is 2.19. The number of hydrogen-bond acceptors (Lipinski definition) is 7. The third kappa shape index (κ3) is 3.35. The molecule has 1 N–H and O–H groups in total. The van der Waals surface area contributed by atoms with Crippen molar-refractivity contribution in [2.75, 3.05) is 38.6 Å². The second kappa shape index (κ2) is 7.70. The van der Waals surface area contributed by atoms with Crippen molar-refractivity contribution in [3.8, 4) is 17.0 Å². The van der Waals surface area contributed by atoms with Crippen LogP contribution in [0.4, 0.5) is 5.82 Å². The Morgan fingerprint density at radius 2 is 2.00 bits per heavy atom. The van der Waals surface area contributed by atoms with Gasteiger partial charge in [0.25, 0.3) is 5.71 Å². The van der Waals surface area contributed by atoms with E-state index in [4.69, 9.17) is 9.26 Å². The standard InChI is InChI=1S/C19H23N5O2/c1-25-15-8-4-3-7-14(15)17-16-18(21-13-22-19(16)26-23-17)20-9-12-24-10-5-2-6-11-24/h3-4,7-8,13H,2,5-6,9-12H2,1H3,(H,20,21,22). The second-order valence-electron chi connectivity index (χ2n) is 6.46. The lowest BCUT2D eigenvalue weighted by Gasteiger charge is -2.26. The Bertz CT molecular complexity index is 873. The van der Waals surface area contributed by atoms with Gasteiger partial charge in [0.1, 0.15) is 29.0 Å². The van der Waals surface area contributed by atoms with Gasteiger partial charge in [0.05, 0.1) is 7.11 Å². The molecule has 1 aliphatic rings. The van der Waals surface area contributed by atoms with Gasteiger partial charge in [-0.25, -0.2) is 4.98 Å². The predicted octanol–water partition coefficient (Wildman–Crippen LogP) is 3.19. The quantitative estimate of drug-likeness (QED) is 0.729. The van der Waals surface area contributed by atoms with E-state index in [1.54, 1.807) is 7.11 Å². The smallest absolute Gasteiger partial charge is 0.263 e. The number of para-hydroxylation sites is 1. The van der Waals surface area contributed by atoms with E-state index in [0.29, 0.717) is 11.4 Å². The van der Waals surface area contributed by atoms with Crippen LogP contribution < -0.4 is 10.1 Å². The molecule has 0 unspecified atom stereocenters. The fraction of sp³-hybridized carbons (Fsp3) is 0.421. The zero-order chi connectivity index (χ0) is 17.8.